The molecule has 11 heteroatoms. The number of rotatable bonds is 7. The summed E-state index contributed by atoms with van der Waals surface area (Å²) in [6.07, 6.45) is 9.90. The van der Waals surface area contributed by atoms with E-state index in [1.807, 2.05) is 48.6 Å². The molecule has 238 valence electrons. The lowest BCUT2D eigenvalue weighted by atomic mass is 9.94. The molecule has 0 N–H and O–H groups in total. The van der Waals surface area contributed by atoms with Crippen LogP contribution in [-0.2, 0) is 39.9 Å². The highest BCUT2D eigenvalue weighted by molar-refractivity contribution is 8.78. The molecule has 9 rings (SSSR count). The number of esters is 2. The van der Waals surface area contributed by atoms with E-state index in [1.165, 1.54) is 28.5 Å². The summed E-state index contributed by atoms with van der Waals surface area (Å²) in [5, 5.41) is 0. The van der Waals surface area contributed by atoms with Crippen LogP contribution in [0.3, 0.4) is 0 Å². The number of ether oxygens (including phenoxy) is 2. The van der Waals surface area contributed by atoms with Crippen LogP contribution in [0.4, 0.5) is 0 Å². The first-order chi connectivity index (χ1) is 22.7. The standard InChI is InChI=1S/C36H30N2O7S2/c1-21(39)29(23-12-6-3-7-13-23)32(41)45-27-17-9-15-25-20-36-33(42)37-30-24(19-35(37,46-47-36)34(43)38(36)31(25)27)14-8-16-26(30)44-28(40)18-22-10-4-2-5-11-22/h2-17,26-27,29-31H,18-20H2,1H3. The molecule has 5 aliphatic heterocycles. The van der Waals surface area contributed by atoms with E-state index in [4.69, 9.17) is 9.47 Å². The summed E-state index contributed by atoms with van der Waals surface area (Å²) in [7, 11) is 2.77. The number of hydrogen-bond donors (Lipinski definition) is 0. The van der Waals surface area contributed by atoms with Gasteiger partial charge in [-0.25, -0.2) is 0 Å². The molecule has 0 aromatic heterocycles. The van der Waals surface area contributed by atoms with Crippen molar-refractivity contribution in [3.8, 4) is 0 Å². The summed E-state index contributed by atoms with van der Waals surface area (Å²) in [4.78, 5) is 69.5. The van der Waals surface area contributed by atoms with E-state index < -0.39 is 51.9 Å². The van der Waals surface area contributed by atoms with Crippen molar-refractivity contribution in [2.45, 2.75) is 66.1 Å². The largest absolute Gasteiger partial charge is 0.455 e. The number of Topliss-reactive ketones (excluding diaryl/α,β-unsaturated/α-hetero) is 1. The van der Waals surface area contributed by atoms with Gasteiger partial charge in [0.2, 0.25) is 0 Å². The van der Waals surface area contributed by atoms with Gasteiger partial charge in [-0.1, -0.05) is 107 Å². The summed E-state index contributed by atoms with van der Waals surface area (Å²) in [6, 6.07) is 16.8. The van der Waals surface area contributed by atoms with Gasteiger partial charge in [-0.15, -0.1) is 0 Å². The predicted molar refractivity (Wildman–Crippen MR) is 175 cm³/mol. The summed E-state index contributed by atoms with van der Waals surface area (Å²) in [5.74, 6) is -3.03. The molecule has 5 heterocycles. The molecule has 5 fully saturated rings. The van der Waals surface area contributed by atoms with Crippen LogP contribution in [0.1, 0.15) is 36.8 Å². The van der Waals surface area contributed by atoms with Crippen molar-refractivity contribution < 1.29 is 33.4 Å². The maximum Gasteiger partial charge on any atom is 0.321 e. The minimum Gasteiger partial charge on any atom is -0.455 e. The summed E-state index contributed by atoms with van der Waals surface area (Å²) >= 11 is 0. The van der Waals surface area contributed by atoms with Gasteiger partial charge in [0, 0.05) is 12.8 Å². The van der Waals surface area contributed by atoms with Gasteiger partial charge in [0.15, 0.2) is 9.74 Å². The Labute approximate surface area is 279 Å². The van der Waals surface area contributed by atoms with E-state index in [0.29, 0.717) is 5.56 Å². The minimum atomic E-state index is -1.26. The van der Waals surface area contributed by atoms with E-state index >= 15 is 0 Å². The van der Waals surface area contributed by atoms with Crippen LogP contribution in [0.2, 0.25) is 0 Å². The topological polar surface area (TPSA) is 110 Å². The normalized spacial score (nSPS) is 31.7. The van der Waals surface area contributed by atoms with Gasteiger partial charge in [-0.2, -0.15) is 0 Å². The Kier molecular flexibility index (Phi) is 7.10. The van der Waals surface area contributed by atoms with Gasteiger partial charge >= 0.3 is 11.9 Å². The fraction of sp³-hybridized carbons (Fsp3) is 0.306. The molecule has 2 spiro atoms. The van der Waals surface area contributed by atoms with Gasteiger partial charge < -0.3 is 19.3 Å². The number of hydrogen-bond acceptors (Lipinski definition) is 9. The van der Waals surface area contributed by atoms with Crippen LogP contribution >= 0.6 is 21.6 Å². The lowest BCUT2D eigenvalue weighted by Crippen LogP contribution is -2.77. The van der Waals surface area contributed by atoms with E-state index in [-0.39, 0.29) is 36.9 Å². The van der Waals surface area contributed by atoms with Crippen molar-refractivity contribution in [1.82, 2.24) is 9.80 Å². The van der Waals surface area contributed by atoms with Crippen molar-refractivity contribution >= 4 is 51.1 Å². The first-order valence-electron chi connectivity index (χ1n) is 15.5. The number of amides is 2. The van der Waals surface area contributed by atoms with Crippen LogP contribution in [0, 0.1) is 0 Å². The Morgan fingerprint density at radius 2 is 1.30 bits per heavy atom. The molecule has 2 amide bonds. The molecule has 2 aliphatic carbocycles. The van der Waals surface area contributed by atoms with Crippen LogP contribution < -0.4 is 0 Å². The van der Waals surface area contributed by atoms with E-state index in [2.05, 4.69) is 0 Å². The second-order valence-electron chi connectivity index (χ2n) is 12.6. The molecule has 5 saturated heterocycles. The average Bonchev–Trinajstić information content (AvgIpc) is 3.60. The fourth-order valence-electron chi connectivity index (χ4n) is 7.74. The predicted octanol–water partition coefficient (Wildman–Crippen LogP) is 4.42. The highest BCUT2D eigenvalue weighted by Crippen LogP contribution is 2.69. The molecule has 7 aliphatic rings. The lowest BCUT2D eigenvalue weighted by Gasteiger charge is -2.58. The molecule has 2 aromatic carbocycles. The highest BCUT2D eigenvalue weighted by Gasteiger charge is 2.77. The monoisotopic (exact) mass is 666 g/mol. The smallest absolute Gasteiger partial charge is 0.321 e. The van der Waals surface area contributed by atoms with Crippen molar-refractivity contribution in [1.29, 1.82) is 0 Å². The Bertz CT molecular complexity index is 1840. The number of benzene rings is 2. The number of carbonyl (C=O) groups is 5. The molecule has 0 radical (unpaired) electrons. The van der Waals surface area contributed by atoms with E-state index in [9.17, 15) is 24.0 Å². The maximum absolute atomic E-state index is 14.8. The van der Waals surface area contributed by atoms with E-state index in [1.54, 1.807) is 58.4 Å². The van der Waals surface area contributed by atoms with Crippen molar-refractivity contribution in [3.63, 3.8) is 0 Å². The molecule has 0 saturated carbocycles. The molecule has 2 bridgehead atoms. The zero-order chi connectivity index (χ0) is 32.5. The first-order valence-corrected chi connectivity index (χ1v) is 17.7. The highest BCUT2D eigenvalue weighted by atomic mass is 33.1. The maximum atomic E-state index is 14.8. The van der Waals surface area contributed by atoms with Crippen molar-refractivity contribution in [2.75, 3.05) is 0 Å². The third kappa shape index (κ3) is 4.50. The number of nitrogens with zero attached hydrogens (tertiary/aromatic N) is 2. The minimum absolute atomic E-state index is 0.0922. The average molecular weight is 667 g/mol. The van der Waals surface area contributed by atoms with Crippen molar-refractivity contribution in [3.05, 3.63) is 119 Å². The van der Waals surface area contributed by atoms with Gasteiger partial charge in [0.1, 0.15) is 23.9 Å². The van der Waals surface area contributed by atoms with Crippen molar-refractivity contribution in [2.24, 2.45) is 0 Å². The Morgan fingerprint density at radius 1 is 0.787 bits per heavy atom. The van der Waals surface area contributed by atoms with Crippen LogP contribution in [0.15, 0.2) is 108 Å². The number of piperazine rings is 1. The Hall–Kier alpha value is -4.35. The number of ketones is 1. The zero-order valence-electron chi connectivity index (χ0n) is 25.3. The Morgan fingerprint density at radius 3 is 1.83 bits per heavy atom. The first kappa shape index (κ1) is 30.0. The Balaban J connectivity index is 1.08. The van der Waals surface area contributed by atoms with Crippen LogP contribution in [0.5, 0.6) is 0 Å². The second kappa shape index (κ2) is 11.1. The SMILES string of the molecule is CC(=O)C(C(=O)OC1C=CC=C2CC34SSC5(CC6=CC=CC(OC(=O)Cc7ccccc7)C6N5C3=O)C(=O)N4C21)c1ccccc1. The summed E-state index contributed by atoms with van der Waals surface area (Å²) < 4.78 is 12.0. The quantitative estimate of drug-likeness (QED) is 0.241. The molecule has 2 aromatic rings. The van der Waals surface area contributed by atoms with Gasteiger partial charge in [-0.05, 0) is 41.3 Å². The molecule has 7 unspecified atom stereocenters. The number of allylic oxidation sites excluding steroid dienone is 4. The molecular formula is C36H30N2O7S2. The second-order valence-corrected chi connectivity index (χ2v) is 15.2. The summed E-state index contributed by atoms with van der Waals surface area (Å²) in [6.45, 7) is 1.36. The van der Waals surface area contributed by atoms with Gasteiger partial charge in [0.25, 0.3) is 11.8 Å². The molecule has 9 nitrogen and oxygen atoms in total. The summed E-state index contributed by atoms with van der Waals surface area (Å²) in [5.41, 5.74) is 3.02. The van der Waals surface area contributed by atoms with Crippen LogP contribution in [0.25, 0.3) is 0 Å². The number of carbonyl (C=O) groups excluding carboxylic acids is 5. The van der Waals surface area contributed by atoms with Gasteiger partial charge in [0.05, 0.1) is 18.5 Å². The third-order valence-corrected chi connectivity index (χ3v) is 13.3. The van der Waals surface area contributed by atoms with Crippen LogP contribution in [-0.4, -0.2) is 73.4 Å². The fourth-order valence-corrected chi connectivity index (χ4v) is 11.5. The van der Waals surface area contributed by atoms with Gasteiger partial charge in [-0.3, -0.25) is 24.0 Å². The van der Waals surface area contributed by atoms with E-state index in [0.717, 1.165) is 16.7 Å². The number of fused-ring (bicyclic) bond motifs is 3. The zero-order valence-corrected chi connectivity index (χ0v) is 26.9. The molecule has 47 heavy (non-hydrogen) atoms. The lowest BCUT2D eigenvalue weighted by molar-refractivity contribution is -0.172. The molecular weight excluding hydrogens is 637 g/mol. The third-order valence-electron chi connectivity index (χ3n) is 9.74. The molecule has 7 atom stereocenters.